The molecule has 92 valence electrons. The number of piperidine rings is 1. The molecule has 1 aliphatic heterocycles. The van der Waals surface area contributed by atoms with Crippen LogP contribution >= 0.6 is 0 Å². The number of nitrogens with zero attached hydrogens (tertiary/aromatic N) is 1. The average Bonchev–Trinajstić information content (AvgIpc) is 2.41. The maximum absolute atomic E-state index is 11.8. The standard InChI is InChI=1S/C13H19N3O/c17-13(12-4-8-15-9-5-12)16-10-3-11-1-6-14-7-2-11/h1-2,6-7,12,15H,3-5,8-10H2,(H,16,17). The lowest BCUT2D eigenvalue weighted by atomic mass is 9.97. The Bertz CT molecular complexity index is 347. The highest BCUT2D eigenvalue weighted by atomic mass is 16.1. The van der Waals surface area contributed by atoms with Crippen LogP contribution in [0.3, 0.4) is 0 Å². The molecule has 1 fully saturated rings. The second-order valence-electron chi connectivity index (χ2n) is 4.42. The zero-order chi connectivity index (χ0) is 11.9. The number of carbonyl (C=O) groups excluding carboxylic acids is 1. The van der Waals surface area contributed by atoms with E-state index >= 15 is 0 Å². The van der Waals surface area contributed by atoms with Crippen LogP contribution in [0.15, 0.2) is 24.5 Å². The third kappa shape index (κ3) is 3.82. The zero-order valence-electron chi connectivity index (χ0n) is 9.98. The molecule has 0 atom stereocenters. The fourth-order valence-electron chi connectivity index (χ4n) is 2.11. The van der Waals surface area contributed by atoms with Crippen molar-refractivity contribution in [2.24, 2.45) is 5.92 Å². The van der Waals surface area contributed by atoms with Gasteiger partial charge in [-0.1, -0.05) is 0 Å². The molecule has 0 spiro atoms. The van der Waals surface area contributed by atoms with Gasteiger partial charge in [0.2, 0.25) is 5.91 Å². The van der Waals surface area contributed by atoms with Crippen molar-refractivity contribution in [1.29, 1.82) is 0 Å². The number of pyridine rings is 1. The van der Waals surface area contributed by atoms with Crippen LogP contribution < -0.4 is 10.6 Å². The van der Waals surface area contributed by atoms with Gasteiger partial charge >= 0.3 is 0 Å². The van der Waals surface area contributed by atoms with E-state index in [1.54, 1.807) is 12.4 Å². The summed E-state index contributed by atoms with van der Waals surface area (Å²) in [6.07, 6.45) is 6.36. The SMILES string of the molecule is O=C(NCCc1ccncc1)C1CCNCC1. The Morgan fingerprint density at radius 3 is 2.76 bits per heavy atom. The van der Waals surface area contributed by atoms with Crippen molar-refractivity contribution in [3.05, 3.63) is 30.1 Å². The van der Waals surface area contributed by atoms with Gasteiger partial charge in [-0.3, -0.25) is 9.78 Å². The predicted molar refractivity (Wildman–Crippen MR) is 66.5 cm³/mol. The molecule has 4 nitrogen and oxygen atoms in total. The van der Waals surface area contributed by atoms with Gasteiger partial charge in [0.15, 0.2) is 0 Å². The van der Waals surface area contributed by atoms with Crippen molar-refractivity contribution in [3.63, 3.8) is 0 Å². The molecule has 0 aliphatic carbocycles. The summed E-state index contributed by atoms with van der Waals surface area (Å²) in [5.74, 6) is 0.411. The highest BCUT2D eigenvalue weighted by Gasteiger charge is 2.19. The summed E-state index contributed by atoms with van der Waals surface area (Å²) in [7, 11) is 0. The van der Waals surface area contributed by atoms with Crippen molar-refractivity contribution in [1.82, 2.24) is 15.6 Å². The number of hydrogen-bond donors (Lipinski definition) is 2. The van der Waals surface area contributed by atoms with E-state index in [4.69, 9.17) is 0 Å². The molecule has 2 N–H and O–H groups in total. The van der Waals surface area contributed by atoms with Crippen molar-refractivity contribution >= 4 is 5.91 Å². The second kappa shape index (κ2) is 6.35. The third-order valence-electron chi connectivity index (χ3n) is 3.17. The van der Waals surface area contributed by atoms with Crippen molar-refractivity contribution in [3.8, 4) is 0 Å². The van der Waals surface area contributed by atoms with E-state index in [2.05, 4.69) is 15.6 Å². The third-order valence-corrected chi connectivity index (χ3v) is 3.17. The summed E-state index contributed by atoms with van der Waals surface area (Å²) >= 11 is 0. The highest BCUT2D eigenvalue weighted by molar-refractivity contribution is 5.78. The van der Waals surface area contributed by atoms with Crippen LogP contribution in [-0.4, -0.2) is 30.5 Å². The lowest BCUT2D eigenvalue weighted by Gasteiger charge is -2.21. The normalized spacial score (nSPS) is 16.7. The zero-order valence-corrected chi connectivity index (χ0v) is 9.98. The Kier molecular flexibility index (Phi) is 4.50. The maximum atomic E-state index is 11.8. The van der Waals surface area contributed by atoms with Gasteiger partial charge in [-0.05, 0) is 50.0 Å². The minimum absolute atomic E-state index is 0.202. The molecule has 2 heterocycles. The van der Waals surface area contributed by atoms with Gasteiger partial charge in [-0.2, -0.15) is 0 Å². The molecule has 1 amide bonds. The Morgan fingerprint density at radius 2 is 2.06 bits per heavy atom. The van der Waals surface area contributed by atoms with Crippen LogP contribution in [0, 0.1) is 5.92 Å². The molecule has 1 aliphatic rings. The molecule has 0 saturated carbocycles. The number of rotatable bonds is 4. The van der Waals surface area contributed by atoms with Crippen LogP contribution in [0.5, 0.6) is 0 Å². The van der Waals surface area contributed by atoms with Crippen LogP contribution in [0.2, 0.25) is 0 Å². The van der Waals surface area contributed by atoms with E-state index < -0.39 is 0 Å². The van der Waals surface area contributed by atoms with Gasteiger partial charge < -0.3 is 10.6 Å². The summed E-state index contributed by atoms with van der Waals surface area (Å²) in [6, 6.07) is 3.97. The lowest BCUT2D eigenvalue weighted by molar-refractivity contribution is -0.125. The van der Waals surface area contributed by atoms with Gasteiger partial charge in [0.05, 0.1) is 0 Å². The van der Waals surface area contributed by atoms with Crippen LogP contribution in [0.25, 0.3) is 0 Å². The maximum Gasteiger partial charge on any atom is 0.223 e. The predicted octanol–water partition coefficient (Wildman–Crippen LogP) is 0.740. The number of hydrogen-bond acceptors (Lipinski definition) is 3. The first kappa shape index (κ1) is 12.0. The Balaban J connectivity index is 1.69. The lowest BCUT2D eigenvalue weighted by Crippen LogP contribution is -2.38. The van der Waals surface area contributed by atoms with Gasteiger partial charge in [0.25, 0.3) is 0 Å². The first-order valence-electron chi connectivity index (χ1n) is 6.23. The quantitative estimate of drug-likeness (QED) is 0.806. The molecule has 0 bridgehead atoms. The van der Waals surface area contributed by atoms with Crippen molar-refractivity contribution in [2.75, 3.05) is 19.6 Å². The van der Waals surface area contributed by atoms with Crippen molar-refractivity contribution in [2.45, 2.75) is 19.3 Å². The Labute approximate surface area is 102 Å². The van der Waals surface area contributed by atoms with Crippen LogP contribution in [-0.2, 0) is 11.2 Å². The van der Waals surface area contributed by atoms with E-state index in [1.165, 1.54) is 5.56 Å². The Hall–Kier alpha value is -1.42. The van der Waals surface area contributed by atoms with E-state index in [9.17, 15) is 4.79 Å². The summed E-state index contributed by atoms with van der Waals surface area (Å²) in [6.45, 7) is 2.64. The molecule has 1 aromatic heterocycles. The monoisotopic (exact) mass is 233 g/mol. The topological polar surface area (TPSA) is 54.0 Å². The van der Waals surface area contributed by atoms with E-state index in [-0.39, 0.29) is 11.8 Å². The van der Waals surface area contributed by atoms with Gasteiger partial charge in [0.1, 0.15) is 0 Å². The number of carbonyl (C=O) groups is 1. The molecule has 1 aromatic rings. The van der Waals surface area contributed by atoms with Gasteiger partial charge in [-0.15, -0.1) is 0 Å². The molecule has 2 rings (SSSR count). The molecule has 0 aromatic carbocycles. The van der Waals surface area contributed by atoms with Crippen LogP contribution in [0.1, 0.15) is 18.4 Å². The molecule has 0 radical (unpaired) electrons. The average molecular weight is 233 g/mol. The molecular weight excluding hydrogens is 214 g/mol. The highest BCUT2D eigenvalue weighted by Crippen LogP contribution is 2.11. The van der Waals surface area contributed by atoms with E-state index in [0.717, 1.165) is 32.4 Å². The number of amides is 1. The minimum atomic E-state index is 0.202. The number of nitrogens with one attached hydrogen (secondary N) is 2. The summed E-state index contributed by atoms with van der Waals surface area (Å²) < 4.78 is 0. The fourth-order valence-corrected chi connectivity index (χ4v) is 2.11. The van der Waals surface area contributed by atoms with Crippen molar-refractivity contribution < 1.29 is 4.79 Å². The fraction of sp³-hybridized carbons (Fsp3) is 0.538. The molecule has 0 unspecified atom stereocenters. The van der Waals surface area contributed by atoms with Gasteiger partial charge in [-0.25, -0.2) is 0 Å². The first-order valence-corrected chi connectivity index (χ1v) is 6.23. The summed E-state index contributed by atoms with van der Waals surface area (Å²) in [4.78, 5) is 15.8. The molecular formula is C13H19N3O. The first-order chi connectivity index (χ1) is 8.36. The second-order valence-corrected chi connectivity index (χ2v) is 4.42. The smallest absolute Gasteiger partial charge is 0.223 e. The molecule has 17 heavy (non-hydrogen) atoms. The summed E-state index contributed by atoms with van der Waals surface area (Å²) in [5, 5.41) is 6.28. The summed E-state index contributed by atoms with van der Waals surface area (Å²) in [5.41, 5.74) is 1.21. The minimum Gasteiger partial charge on any atom is -0.356 e. The largest absolute Gasteiger partial charge is 0.356 e. The van der Waals surface area contributed by atoms with E-state index in [1.807, 2.05) is 12.1 Å². The Morgan fingerprint density at radius 1 is 1.35 bits per heavy atom. The van der Waals surface area contributed by atoms with Gasteiger partial charge in [0, 0.05) is 24.9 Å². The number of aromatic nitrogens is 1. The van der Waals surface area contributed by atoms with Crippen LogP contribution in [0.4, 0.5) is 0 Å². The molecule has 1 saturated heterocycles. The molecule has 4 heteroatoms. The van der Waals surface area contributed by atoms with E-state index in [0.29, 0.717) is 6.54 Å².